The minimum atomic E-state index is -0.424. The van der Waals surface area contributed by atoms with Gasteiger partial charge in [-0.25, -0.2) is 0 Å². The average Bonchev–Trinajstić information content (AvgIpc) is 3.43. The molecule has 4 aromatic rings. The van der Waals surface area contributed by atoms with Gasteiger partial charge in [0.15, 0.2) is 5.76 Å². The first-order chi connectivity index (χ1) is 15.9. The van der Waals surface area contributed by atoms with E-state index in [0.29, 0.717) is 23.9 Å². The number of amides is 1. The van der Waals surface area contributed by atoms with Crippen LogP contribution in [0.25, 0.3) is 16.8 Å². The number of esters is 1. The number of furan rings is 1. The molecule has 0 radical (unpaired) electrons. The van der Waals surface area contributed by atoms with Gasteiger partial charge < -0.3 is 14.5 Å². The lowest BCUT2D eigenvalue weighted by atomic mass is 9.99. The Kier molecular flexibility index (Phi) is 6.40. The molecule has 1 amide bonds. The zero-order valence-electron chi connectivity index (χ0n) is 18.7. The molecule has 4 rings (SSSR count). The molecule has 0 spiro atoms. The normalized spacial score (nSPS) is 10.9. The second-order valence-electron chi connectivity index (χ2n) is 8.07. The summed E-state index contributed by atoms with van der Waals surface area (Å²) in [6.07, 6.45) is 2.16. The van der Waals surface area contributed by atoms with E-state index in [0.717, 1.165) is 22.5 Å². The zero-order chi connectivity index (χ0) is 23.4. The maximum absolute atomic E-state index is 12.3. The van der Waals surface area contributed by atoms with E-state index >= 15 is 0 Å². The number of nitrogens with zero attached hydrogens (tertiary/aromatic N) is 2. The summed E-state index contributed by atoms with van der Waals surface area (Å²) in [5.41, 5.74) is 3.84. The van der Waals surface area contributed by atoms with Crippen molar-refractivity contribution in [1.29, 1.82) is 0 Å². The molecule has 0 aliphatic rings. The summed E-state index contributed by atoms with van der Waals surface area (Å²) >= 11 is 0. The molecular formula is C26H25N3O4. The summed E-state index contributed by atoms with van der Waals surface area (Å²) in [6, 6.07) is 20.2. The average molecular weight is 444 g/mol. The molecule has 7 heteroatoms. The summed E-state index contributed by atoms with van der Waals surface area (Å²) in [5, 5.41) is 7.62. The number of benzene rings is 2. The molecule has 0 aliphatic heterocycles. The summed E-state index contributed by atoms with van der Waals surface area (Å²) in [6.45, 7) is 5.61. The van der Waals surface area contributed by atoms with Crippen molar-refractivity contribution in [2.24, 2.45) is 5.92 Å². The van der Waals surface area contributed by atoms with Gasteiger partial charge in [-0.15, -0.1) is 0 Å². The Morgan fingerprint density at radius 2 is 1.76 bits per heavy atom. The number of rotatable bonds is 7. The number of para-hydroxylation sites is 1. The van der Waals surface area contributed by atoms with Gasteiger partial charge in [-0.1, -0.05) is 44.2 Å². The Morgan fingerprint density at radius 1 is 1.03 bits per heavy atom. The third-order valence-corrected chi connectivity index (χ3v) is 4.93. The fourth-order valence-corrected chi connectivity index (χ4v) is 3.56. The highest BCUT2D eigenvalue weighted by Crippen LogP contribution is 2.37. The van der Waals surface area contributed by atoms with Gasteiger partial charge in [0.05, 0.1) is 23.2 Å². The molecule has 2 heterocycles. The molecule has 168 valence electrons. The Labute approximate surface area is 192 Å². The fourth-order valence-electron chi connectivity index (χ4n) is 3.56. The van der Waals surface area contributed by atoms with Crippen LogP contribution >= 0.6 is 0 Å². The number of aromatic nitrogens is 2. The first-order valence-corrected chi connectivity index (χ1v) is 10.7. The molecule has 1 N–H and O–H groups in total. The van der Waals surface area contributed by atoms with Crippen LogP contribution < -0.4 is 10.1 Å². The van der Waals surface area contributed by atoms with Crippen LogP contribution in [0.1, 0.15) is 37.0 Å². The number of hydrogen-bond acceptors (Lipinski definition) is 5. The Balaban J connectivity index is 1.75. The first-order valence-electron chi connectivity index (χ1n) is 10.7. The van der Waals surface area contributed by atoms with Crippen LogP contribution in [0, 0.1) is 5.92 Å². The fraction of sp³-hybridized carbons (Fsp3) is 0.192. The predicted octanol–water partition coefficient (Wildman–Crippen LogP) is 5.51. The van der Waals surface area contributed by atoms with Crippen LogP contribution in [0.15, 0.2) is 77.4 Å². The standard InChI is InChI=1S/C26H25N3O4/c1-17(2)16-22-24(26(33-18(3)30)29(28-22)21-8-5-4-6-9-21)19-11-13-20(14-12-19)27-25(31)23-10-7-15-32-23/h4-15,17H,16H2,1-3H3,(H,27,31). The van der Waals surface area contributed by atoms with Gasteiger partial charge in [0.2, 0.25) is 5.88 Å². The van der Waals surface area contributed by atoms with E-state index in [9.17, 15) is 9.59 Å². The largest absolute Gasteiger partial charge is 0.459 e. The third kappa shape index (κ3) is 5.03. The molecule has 2 aromatic carbocycles. The Bertz CT molecular complexity index is 1240. The molecule has 7 nitrogen and oxygen atoms in total. The molecule has 0 saturated heterocycles. The molecule has 0 saturated carbocycles. The summed E-state index contributed by atoms with van der Waals surface area (Å²) in [7, 11) is 0. The maximum Gasteiger partial charge on any atom is 0.309 e. The minimum absolute atomic E-state index is 0.236. The number of anilines is 1. The molecular weight excluding hydrogens is 418 g/mol. The lowest BCUT2D eigenvalue weighted by Crippen LogP contribution is -2.10. The lowest BCUT2D eigenvalue weighted by molar-refractivity contribution is -0.132. The number of ether oxygens (including phenoxy) is 1. The molecule has 33 heavy (non-hydrogen) atoms. The van der Waals surface area contributed by atoms with Gasteiger partial charge in [0, 0.05) is 12.6 Å². The van der Waals surface area contributed by atoms with E-state index in [1.807, 2.05) is 42.5 Å². The van der Waals surface area contributed by atoms with Gasteiger partial charge in [-0.2, -0.15) is 9.78 Å². The van der Waals surface area contributed by atoms with Crippen molar-refractivity contribution in [3.05, 3.63) is 84.4 Å². The topological polar surface area (TPSA) is 86.4 Å². The third-order valence-electron chi connectivity index (χ3n) is 4.93. The van der Waals surface area contributed by atoms with Crippen LogP contribution in [0.3, 0.4) is 0 Å². The van der Waals surface area contributed by atoms with Crippen molar-refractivity contribution in [1.82, 2.24) is 9.78 Å². The second kappa shape index (κ2) is 9.56. The van der Waals surface area contributed by atoms with Gasteiger partial charge in [-0.05, 0) is 54.3 Å². The maximum atomic E-state index is 12.3. The van der Waals surface area contributed by atoms with Crippen molar-refractivity contribution in [2.45, 2.75) is 27.2 Å². The van der Waals surface area contributed by atoms with Crippen LogP contribution in [0.5, 0.6) is 5.88 Å². The van der Waals surface area contributed by atoms with Crippen LogP contribution in [-0.2, 0) is 11.2 Å². The Morgan fingerprint density at radius 3 is 2.36 bits per heavy atom. The summed E-state index contributed by atoms with van der Waals surface area (Å²) in [5.74, 6) is 0.203. The predicted molar refractivity (Wildman–Crippen MR) is 126 cm³/mol. The second-order valence-corrected chi connectivity index (χ2v) is 8.07. The number of hydrogen-bond donors (Lipinski definition) is 1. The van der Waals surface area contributed by atoms with Crippen molar-refractivity contribution < 1.29 is 18.7 Å². The number of nitrogens with one attached hydrogen (secondary N) is 1. The minimum Gasteiger partial charge on any atom is -0.459 e. The molecule has 0 atom stereocenters. The van der Waals surface area contributed by atoms with E-state index in [2.05, 4.69) is 19.2 Å². The molecule has 0 bridgehead atoms. The lowest BCUT2D eigenvalue weighted by Gasteiger charge is -2.10. The van der Waals surface area contributed by atoms with Gasteiger partial charge in [0.1, 0.15) is 0 Å². The zero-order valence-corrected chi connectivity index (χ0v) is 18.7. The molecule has 0 fully saturated rings. The summed E-state index contributed by atoms with van der Waals surface area (Å²) < 4.78 is 12.5. The molecule has 0 unspecified atom stereocenters. The highest BCUT2D eigenvalue weighted by Gasteiger charge is 2.24. The van der Waals surface area contributed by atoms with Gasteiger partial charge in [-0.3, -0.25) is 9.59 Å². The van der Waals surface area contributed by atoms with Crippen molar-refractivity contribution >= 4 is 17.6 Å². The first kappa shape index (κ1) is 22.1. The number of carbonyl (C=O) groups is 2. The van der Waals surface area contributed by atoms with E-state index < -0.39 is 5.97 Å². The quantitative estimate of drug-likeness (QED) is 0.381. The monoisotopic (exact) mass is 443 g/mol. The van der Waals surface area contributed by atoms with Crippen molar-refractivity contribution in [3.63, 3.8) is 0 Å². The molecule has 0 aliphatic carbocycles. The van der Waals surface area contributed by atoms with Gasteiger partial charge in [0.25, 0.3) is 5.91 Å². The van der Waals surface area contributed by atoms with Crippen LogP contribution in [0.2, 0.25) is 0 Å². The Hall–Kier alpha value is -4.13. The smallest absolute Gasteiger partial charge is 0.309 e. The SMILES string of the molecule is CC(=O)Oc1c(-c2ccc(NC(=O)c3ccco3)cc2)c(CC(C)C)nn1-c1ccccc1. The van der Waals surface area contributed by atoms with E-state index in [1.165, 1.54) is 13.2 Å². The highest BCUT2D eigenvalue weighted by molar-refractivity contribution is 6.02. The van der Waals surface area contributed by atoms with Crippen LogP contribution in [-0.4, -0.2) is 21.7 Å². The number of carbonyl (C=O) groups excluding carboxylic acids is 2. The van der Waals surface area contributed by atoms with Gasteiger partial charge >= 0.3 is 5.97 Å². The van der Waals surface area contributed by atoms with Crippen molar-refractivity contribution in [3.8, 4) is 22.7 Å². The van der Waals surface area contributed by atoms with Crippen LogP contribution in [0.4, 0.5) is 5.69 Å². The van der Waals surface area contributed by atoms with E-state index in [1.54, 1.807) is 28.9 Å². The van der Waals surface area contributed by atoms with E-state index in [-0.39, 0.29) is 11.7 Å². The molecule has 2 aromatic heterocycles. The summed E-state index contributed by atoms with van der Waals surface area (Å²) in [4.78, 5) is 24.2. The van der Waals surface area contributed by atoms with E-state index in [4.69, 9.17) is 14.3 Å². The highest BCUT2D eigenvalue weighted by atomic mass is 16.5. The van der Waals surface area contributed by atoms with Crippen molar-refractivity contribution in [2.75, 3.05) is 5.32 Å².